The molecule has 0 saturated carbocycles. The van der Waals surface area contributed by atoms with Gasteiger partial charge in [-0.1, -0.05) is 18.2 Å². The molecular weight excluding hydrogens is 446 g/mol. The topological polar surface area (TPSA) is 155 Å². The zero-order valence-electron chi connectivity index (χ0n) is 19.2. The van der Waals surface area contributed by atoms with Crippen molar-refractivity contribution in [1.82, 2.24) is 20.9 Å². The Bertz CT molecular complexity index is 1000. The van der Waals surface area contributed by atoms with Gasteiger partial charge in [-0.15, -0.1) is 11.8 Å². The number of fused-ring (bicyclic) bond motifs is 1. The third-order valence-electron chi connectivity index (χ3n) is 4.47. The normalized spacial score (nSPS) is 13.1. The highest BCUT2D eigenvalue weighted by molar-refractivity contribution is 7.99. The number of aromatic nitrogens is 1. The first-order valence-corrected chi connectivity index (χ1v) is 11.6. The minimum atomic E-state index is -1.01. The Morgan fingerprint density at radius 1 is 1.12 bits per heavy atom. The van der Waals surface area contributed by atoms with E-state index in [-0.39, 0.29) is 24.0 Å². The summed E-state index contributed by atoms with van der Waals surface area (Å²) < 4.78 is 5.24. The first kappa shape index (κ1) is 26.0. The molecule has 1 heterocycles. The number of ether oxygens (including phenoxy) is 1. The van der Waals surface area contributed by atoms with E-state index in [4.69, 9.17) is 10.5 Å². The molecule has 1 aromatic carbocycles. The third kappa shape index (κ3) is 8.68. The number of hydrogen-bond donors (Lipinski definition) is 5. The van der Waals surface area contributed by atoms with E-state index in [1.54, 1.807) is 27.0 Å². The Morgan fingerprint density at radius 3 is 2.45 bits per heavy atom. The standard InChI is InChI=1S/C22H31N5O5S/c1-13(28)25-12-33-11-18(27-21(31)32-22(2,3)4)20(30)26-17(19(23)29)9-14-10-24-16-8-6-5-7-15(14)16/h5-8,10,17-18,24H,9,11-12H2,1-4H3,(H2,23,29)(H,25,28)(H,26,30)(H,27,31)/t17-,18-/m0/s1. The largest absolute Gasteiger partial charge is 0.444 e. The molecule has 2 aromatic rings. The van der Waals surface area contributed by atoms with Crippen LogP contribution in [0.2, 0.25) is 0 Å². The van der Waals surface area contributed by atoms with Crippen molar-refractivity contribution >= 4 is 46.5 Å². The van der Waals surface area contributed by atoms with E-state index >= 15 is 0 Å². The molecule has 0 spiro atoms. The summed E-state index contributed by atoms with van der Waals surface area (Å²) in [6, 6.07) is 5.59. The van der Waals surface area contributed by atoms with Crippen LogP contribution in [0.3, 0.4) is 0 Å². The Hall–Kier alpha value is -3.21. The highest BCUT2D eigenvalue weighted by Gasteiger charge is 2.28. The second-order valence-corrected chi connectivity index (χ2v) is 9.50. The van der Waals surface area contributed by atoms with Crippen LogP contribution in [0.1, 0.15) is 33.3 Å². The molecule has 0 bridgehead atoms. The molecule has 0 aliphatic carbocycles. The summed E-state index contributed by atoms with van der Waals surface area (Å²) in [5, 5.41) is 8.70. The van der Waals surface area contributed by atoms with Gasteiger partial charge in [-0.25, -0.2) is 4.79 Å². The van der Waals surface area contributed by atoms with Crippen molar-refractivity contribution in [2.45, 2.75) is 51.8 Å². The minimum absolute atomic E-state index is 0.143. The number of rotatable bonds is 10. The number of thioether (sulfide) groups is 1. The van der Waals surface area contributed by atoms with Crippen molar-refractivity contribution < 1.29 is 23.9 Å². The predicted octanol–water partition coefficient (Wildman–Crippen LogP) is 1.40. The third-order valence-corrected chi connectivity index (χ3v) is 5.39. The number of amides is 4. The fraction of sp³-hybridized carbons (Fsp3) is 0.455. The lowest BCUT2D eigenvalue weighted by Crippen LogP contribution is -2.55. The number of H-pyrrole nitrogens is 1. The number of nitrogens with two attached hydrogens (primary N) is 1. The fourth-order valence-electron chi connectivity index (χ4n) is 2.98. The van der Waals surface area contributed by atoms with Gasteiger partial charge in [-0.2, -0.15) is 0 Å². The Kier molecular flexibility index (Phi) is 9.15. The van der Waals surface area contributed by atoms with Crippen LogP contribution in [-0.2, 0) is 25.5 Å². The molecule has 2 rings (SSSR count). The van der Waals surface area contributed by atoms with Crippen LogP contribution in [-0.4, -0.2) is 58.1 Å². The van der Waals surface area contributed by atoms with Crippen molar-refractivity contribution in [2.75, 3.05) is 11.6 Å². The molecule has 0 unspecified atom stereocenters. The van der Waals surface area contributed by atoms with Crippen molar-refractivity contribution in [2.24, 2.45) is 5.73 Å². The van der Waals surface area contributed by atoms with E-state index in [1.807, 2.05) is 24.3 Å². The van der Waals surface area contributed by atoms with Crippen LogP contribution < -0.4 is 21.7 Å². The number of primary amides is 1. The Morgan fingerprint density at radius 2 is 1.82 bits per heavy atom. The zero-order chi connectivity index (χ0) is 24.6. The fourth-order valence-corrected chi connectivity index (χ4v) is 3.87. The molecule has 10 nitrogen and oxygen atoms in total. The average molecular weight is 478 g/mol. The highest BCUT2D eigenvalue weighted by atomic mass is 32.2. The smallest absolute Gasteiger partial charge is 0.408 e. The summed E-state index contributed by atoms with van der Waals surface area (Å²) >= 11 is 1.24. The lowest BCUT2D eigenvalue weighted by atomic mass is 10.0. The maximum Gasteiger partial charge on any atom is 0.408 e. The molecule has 0 aliphatic heterocycles. The summed E-state index contributed by atoms with van der Waals surface area (Å²) in [6.07, 6.45) is 1.19. The number of aromatic amines is 1. The molecule has 4 amide bonds. The van der Waals surface area contributed by atoms with Crippen LogP contribution in [0.25, 0.3) is 10.9 Å². The van der Waals surface area contributed by atoms with Crippen molar-refractivity contribution in [1.29, 1.82) is 0 Å². The number of nitrogens with one attached hydrogen (secondary N) is 4. The van der Waals surface area contributed by atoms with Crippen molar-refractivity contribution in [3.63, 3.8) is 0 Å². The predicted molar refractivity (Wildman–Crippen MR) is 127 cm³/mol. The molecule has 1 aromatic heterocycles. The summed E-state index contributed by atoms with van der Waals surface area (Å²) in [5.41, 5.74) is 6.54. The van der Waals surface area contributed by atoms with Gasteiger partial charge in [0.1, 0.15) is 17.7 Å². The van der Waals surface area contributed by atoms with Crippen LogP contribution in [0, 0.1) is 0 Å². The van der Waals surface area contributed by atoms with E-state index in [2.05, 4.69) is 20.9 Å². The lowest BCUT2D eigenvalue weighted by Gasteiger charge is -2.24. The molecule has 0 aliphatic rings. The van der Waals surface area contributed by atoms with Crippen molar-refractivity contribution in [3.8, 4) is 0 Å². The number of carbonyl (C=O) groups is 4. The molecule has 33 heavy (non-hydrogen) atoms. The molecular formula is C22H31N5O5S. The molecule has 11 heteroatoms. The van der Waals surface area contributed by atoms with E-state index in [1.165, 1.54) is 18.7 Å². The number of carbonyl (C=O) groups excluding carboxylic acids is 4. The van der Waals surface area contributed by atoms with Gasteiger partial charge in [0.2, 0.25) is 17.7 Å². The summed E-state index contributed by atoms with van der Waals surface area (Å²) in [7, 11) is 0. The first-order valence-electron chi connectivity index (χ1n) is 10.4. The Labute approximate surface area is 196 Å². The Balaban J connectivity index is 2.10. The molecule has 0 saturated heterocycles. The van der Waals surface area contributed by atoms with Gasteiger partial charge in [-0.3, -0.25) is 14.4 Å². The SMILES string of the molecule is CC(=O)NCSC[C@H](NC(=O)OC(C)(C)C)C(=O)N[C@@H](Cc1c[nH]c2ccccc12)C(N)=O. The van der Waals surface area contributed by atoms with E-state index in [0.29, 0.717) is 0 Å². The highest BCUT2D eigenvalue weighted by Crippen LogP contribution is 2.19. The monoisotopic (exact) mass is 477 g/mol. The summed E-state index contributed by atoms with van der Waals surface area (Å²) in [5.74, 6) is -1.10. The van der Waals surface area contributed by atoms with Gasteiger partial charge in [-0.05, 0) is 32.4 Å². The van der Waals surface area contributed by atoms with Crippen LogP contribution in [0.15, 0.2) is 30.5 Å². The quantitative estimate of drug-likeness (QED) is 0.257. The van der Waals surface area contributed by atoms with E-state index < -0.39 is 35.6 Å². The molecule has 180 valence electrons. The number of hydrogen-bond acceptors (Lipinski definition) is 6. The number of alkyl carbamates (subject to hydrolysis) is 1. The molecule has 0 radical (unpaired) electrons. The van der Waals surface area contributed by atoms with Gasteiger partial charge in [0.25, 0.3) is 0 Å². The van der Waals surface area contributed by atoms with Crippen molar-refractivity contribution in [3.05, 3.63) is 36.0 Å². The number of benzene rings is 1. The zero-order valence-corrected chi connectivity index (χ0v) is 20.0. The number of para-hydroxylation sites is 1. The van der Waals surface area contributed by atoms with Gasteiger partial charge >= 0.3 is 6.09 Å². The van der Waals surface area contributed by atoms with Crippen LogP contribution >= 0.6 is 11.8 Å². The second-order valence-electron chi connectivity index (χ2n) is 8.47. The molecule has 0 fully saturated rings. The average Bonchev–Trinajstić information content (AvgIpc) is 3.11. The van der Waals surface area contributed by atoms with Gasteiger partial charge in [0.05, 0.1) is 5.88 Å². The van der Waals surface area contributed by atoms with E-state index in [0.717, 1.165) is 16.5 Å². The lowest BCUT2D eigenvalue weighted by molar-refractivity contribution is -0.128. The molecule has 2 atom stereocenters. The summed E-state index contributed by atoms with van der Waals surface area (Å²) in [4.78, 5) is 51.5. The van der Waals surface area contributed by atoms with Gasteiger partial charge < -0.3 is 31.4 Å². The first-order chi connectivity index (χ1) is 15.5. The van der Waals surface area contributed by atoms with Crippen LogP contribution in [0.4, 0.5) is 4.79 Å². The maximum atomic E-state index is 13.0. The van der Waals surface area contributed by atoms with Gasteiger partial charge in [0.15, 0.2) is 0 Å². The minimum Gasteiger partial charge on any atom is -0.444 e. The maximum absolute atomic E-state index is 13.0. The second kappa shape index (κ2) is 11.6. The van der Waals surface area contributed by atoms with Crippen LogP contribution in [0.5, 0.6) is 0 Å². The van der Waals surface area contributed by atoms with Gasteiger partial charge in [0, 0.05) is 36.2 Å². The molecule has 6 N–H and O–H groups in total. The van der Waals surface area contributed by atoms with E-state index in [9.17, 15) is 19.2 Å². The summed E-state index contributed by atoms with van der Waals surface area (Å²) in [6.45, 7) is 6.50.